The highest BCUT2D eigenvalue weighted by Gasteiger charge is 2.62. The molecule has 0 radical (unpaired) electrons. The molecule has 2 saturated heterocycles. The molecule has 4 fully saturated rings. The molecule has 9 heteroatoms. The van der Waals surface area contributed by atoms with E-state index in [0.29, 0.717) is 18.4 Å². The molecule has 0 unspecified atom stereocenters. The van der Waals surface area contributed by atoms with E-state index in [1.807, 2.05) is 13.8 Å². The number of aliphatic hydroxyl groups is 5. The number of hydrogen-bond acceptors (Lipinski definition) is 9. The molecule has 4 rings (SSSR count). The topological polar surface area (TPSA) is 146 Å². The van der Waals surface area contributed by atoms with Crippen molar-refractivity contribution in [1.29, 1.82) is 0 Å². The van der Waals surface area contributed by atoms with Crippen LogP contribution in [0.4, 0.5) is 0 Å². The monoisotopic (exact) mass is 428 g/mol. The van der Waals surface area contributed by atoms with Crippen LogP contribution < -0.4 is 0 Å². The van der Waals surface area contributed by atoms with Gasteiger partial charge in [0, 0.05) is 29.2 Å². The Morgan fingerprint density at radius 1 is 1.20 bits per heavy atom. The van der Waals surface area contributed by atoms with Gasteiger partial charge in [-0.3, -0.25) is 0 Å². The second kappa shape index (κ2) is 7.81. The fourth-order valence-electron chi connectivity index (χ4n) is 6.07. The Balaban J connectivity index is 1.60. The lowest BCUT2D eigenvalue weighted by Crippen LogP contribution is -2.63. The molecule has 0 aromatic rings. The molecule has 2 aliphatic carbocycles. The quantitative estimate of drug-likeness (QED) is 0.285. The summed E-state index contributed by atoms with van der Waals surface area (Å²) in [5.41, 5.74) is -0.00973. The zero-order valence-corrected chi connectivity index (χ0v) is 17.3. The molecule has 0 amide bonds. The molecule has 2 aliphatic heterocycles. The summed E-state index contributed by atoms with van der Waals surface area (Å²) in [7, 11) is 0. The zero-order chi connectivity index (χ0) is 22.0. The van der Waals surface area contributed by atoms with Crippen LogP contribution in [0, 0.1) is 23.2 Å². The molecule has 30 heavy (non-hydrogen) atoms. The van der Waals surface area contributed by atoms with Gasteiger partial charge < -0.3 is 39.7 Å². The van der Waals surface area contributed by atoms with Gasteiger partial charge in [-0.15, -0.1) is 0 Å². The van der Waals surface area contributed by atoms with Gasteiger partial charge in [0.1, 0.15) is 30.5 Å². The zero-order valence-electron chi connectivity index (χ0n) is 17.3. The summed E-state index contributed by atoms with van der Waals surface area (Å²) in [6.07, 6.45) is -6.84. The highest BCUT2D eigenvalue weighted by Crippen LogP contribution is 2.58. The molecule has 2 saturated carbocycles. The number of fused-ring (bicyclic) bond motifs is 3. The molecule has 4 aliphatic rings. The van der Waals surface area contributed by atoms with Crippen LogP contribution in [0.3, 0.4) is 0 Å². The maximum Gasteiger partial charge on any atom is 0.334 e. The van der Waals surface area contributed by atoms with Gasteiger partial charge in [0.2, 0.25) is 0 Å². The number of carbonyl (C=O) groups is 1. The lowest BCUT2D eigenvalue weighted by Gasteiger charge is -2.57. The van der Waals surface area contributed by atoms with E-state index < -0.39 is 67.0 Å². The molecule has 0 aromatic carbocycles. The molecule has 0 aromatic heterocycles. The minimum absolute atomic E-state index is 0.0868. The van der Waals surface area contributed by atoms with Gasteiger partial charge in [-0.1, -0.05) is 20.4 Å². The standard InChI is InChI=1S/C21H32O9/c1-8-10-4-5-21(3)13(6-11(23)9(2)14(21)18(10)30-19(8)27)29-20-17(26)16(25)15(24)12(7-22)28-20/h9-18,20,22-26H,1,4-7H2,2-3H3/t9-,10-,11-,12+,13+,14+,15-,16-,17-,18-,20+,21-/m0/s1. The van der Waals surface area contributed by atoms with Crippen molar-refractivity contribution >= 4 is 5.97 Å². The van der Waals surface area contributed by atoms with Crippen LogP contribution in [0.15, 0.2) is 12.2 Å². The van der Waals surface area contributed by atoms with Crippen molar-refractivity contribution in [1.82, 2.24) is 0 Å². The van der Waals surface area contributed by atoms with Gasteiger partial charge in [0.15, 0.2) is 6.29 Å². The molecule has 5 N–H and O–H groups in total. The lowest BCUT2D eigenvalue weighted by molar-refractivity contribution is -0.332. The number of ether oxygens (including phenoxy) is 3. The molecule has 9 nitrogen and oxygen atoms in total. The van der Waals surface area contributed by atoms with E-state index >= 15 is 0 Å². The minimum atomic E-state index is -1.54. The normalized spacial score (nSPS) is 53.8. The maximum atomic E-state index is 12.1. The third-order valence-corrected chi connectivity index (χ3v) is 7.97. The highest BCUT2D eigenvalue weighted by atomic mass is 16.7. The molecule has 170 valence electrons. The summed E-state index contributed by atoms with van der Waals surface area (Å²) in [6, 6.07) is 0. The van der Waals surface area contributed by atoms with Crippen LogP contribution in [0.25, 0.3) is 0 Å². The van der Waals surface area contributed by atoms with E-state index in [-0.39, 0.29) is 24.2 Å². The van der Waals surface area contributed by atoms with E-state index in [1.165, 1.54) is 0 Å². The maximum absolute atomic E-state index is 12.1. The number of hydrogen-bond donors (Lipinski definition) is 5. The van der Waals surface area contributed by atoms with Crippen molar-refractivity contribution in [2.75, 3.05) is 6.61 Å². The first-order chi connectivity index (χ1) is 14.1. The third-order valence-electron chi connectivity index (χ3n) is 7.97. The Morgan fingerprint density at radius 3 is 2.57 bits per heavy atom. The van der Waals surface area contributed by atoms with E-state index in [0.717, 1.165) is 0 Å². The minimum Gasteiger partial charge on any atom is -0.458 e. The Labute approximate surface area is 175 Å². The fraction of sp³-hybridized carbons (Fsp3) is 0.857. The predicted octanol–water partition coefficient (Wildman–Crippen LogP) is -0.914. The van der Waals surface area contributed by atoms with E-state index in [2.05, 4.69) is 6.58 Å². The Bertz CT molecular complexity index is 696. The summed E-state index contributed by atoms with van der Waals surface area (Å²) in [5.74, 6) is -0.807. The molecular formula is C21H32O9. The van der Waals surface area contributed by atoms with E-state index in [1.54, 1.807) is 0 Å². The number of esters is 1. The summed E-state index contributed by atoms with van der Waals surface area (Å²) >= 11 is 0. The van der Waals surface area contributed by atoms with Gasteiger partial charge in [-0.25, -0.2) is 4.79 Å². The fourth-order valence-corrected chi connectivity index (χ4v) is 6.07. The van der Waals surface area contributed by atoms with E-state index in [4.69, 9.17) is 14.2 Å². The summed E-state index contributed by atoms with van der Waals surface area (Å²) < 4.78 is 17.3. The molecule has 0 spiro atoms. The second-order valence-corrected chi connectivity index (χ2v) is 9.56. The van der Waals surface area contributed by atoms with Crippen LogP contribution in [-0.4, -0.2) is 87.1 Å². The van der Waals surface area contributed by atoms with Crippen molar-refractivity contribution in [3.63, 3.8) is 0 Å². The van der Waals surface area contributed by atoms with Crippen molar-refractivity contribution in [3.8, 4) is 0 Å². The van der Waals surface area contributed by atoms with Gasteiger partial charge >= 0.3 is 5.97 Å². The first-order valence-electron chi connectivity index (χ1n) is 10.6. The first kappa shape index (κ1) is 22.1. The first-order valence-corrected chi connectivity index (χ1v) is 10.6. The average Bonchev–Trinajstić information content (AvgIpc) is 2.99. The third kappa shape index (κ3) is 3.23. The molecule has 12 atom stereocenters. The Kier molecular flexibility index (Phi) is 5.76. The smallest absolute Gasteiger partial charge is 0.334 e. The SMILES string of the molecule is C=C1C(=O)O[C@@H]2[C@H]3[C@@H](C)[C@@H](O)C[C@@H](O[C@H]4O[C@H](CO)[C@H](O)[C@H](O)[C@@H]4O)[C@]3(C)CC[C@@H]12. The average molecular weight is 428 g/mol. The summed E-state index contributed by atoms with van der Waals surface area (Å²) in [5, 5.41) is 50.7. The number of carbonyl (C=O) groups excluding carboxylic acids is 1. The van der Waals surface area contributed by atoms with E-state index in [9.17, 15) is 30.3 Å². The van der Waals surface area contributed by atoms with Crippen LogP contribution in [-0.2, 0) is 19.0 Å². The highest BCUT2D eigenvalue weighted by molar-refractivity contribution is 5.90. The lowest BCUT2D eigenvalue weighted by atomic mass is 9.52. The number of aliphatic hydroxyl groups excluding tert-OH is 5. The van der Waals surface area contributed by atoms with Crippen molar-refractivity contribution in [2.45, 2.75) is 82.1 Å². The molecule has 2 heterocycles. The van der Waals surface area contributed by atoms with Gasteiger partial charge in [0.25, 0.3) is 0 Å². The number of rotatable bonds is 3. The summed E-state index contributed by atoms with van der Waals surface area (Å²) in [6.45, 7) is 7.31. The Hall–Kier alpha value is -1.07. The van der Waals surface area contributed by atoms with Crippen molar-refractivity contribution < 1.29 is 44.5 Å². The van der Waals surface area contributed by atoms with Crippen molar-refractivity contribution in [3.05, 3.63) is 12.2 Å². The van der Waals surface area contributed by atoms with Gasteiger partial charge in [-0.2, -0.15) is 0 Å². The van der Waals surface area contributed by atoms with Crippen LogP contribution in [0.2, 0.25) is 0 Å². The van der Waals surface area contributed by atoms with Crippen LogP contribution in [0.1, 0.15) is 33.1 Å². The molecular weight excluding hydrogens is 396 g/mol. The van der Waals surface area contributed by atoms with Gasteiger partial charge in [0.05, 0.1) is 18.8 Å². The summed E-state index contributed by atoms with van der Waals surface area (Å²) in [4.78, 5) is 12.1. The van der Waals surface area contributed by atoms with Crippen LogP contribution >= 0.6 is 0 Å². The van der Waals surface area contributed by atoms with Crippen molar-refractivity contribution in [2.24, 2.45) is 23.2 Å². The van der Waals surface area contributed by atoms with Gasteiger partial charge in [-0.05, 0) is 18.8 Å². The molecule has 0 bridgehead atoms. The predicted molar refractivity (Wildman–Crippen MR) is 102 cm³/mol. The van der Waals surface area contributed by atoms with Crippen LogP contribution in [0.5, 0.6) is 0 Å². The second-order valence-electron chi connectivity index (χ2n) is 9.56. The largest absolute Gasteiger partial charge is 0.458 e. The Morgan fingerprint density at radius 2 is 1.90 bits per heavy atom.